The van der Waals surface area contributed by atoms with E-state index in [1.165, 1.54) is 12.1 Å². The van der Waals surface area contributed by atoms with E-state index in [1.807, 2.05) is 27.7 Å². The molecule has 0 saturated carbocycles. The Morgan fingerprint density at radius 2 is 1.48 bits per heavy atom. The Labute approximate surface area is 144 Å². The number of hydrogen-bond acceptors (Lipinski definition) is 4. The van der Waals surface area contributed by atoms with Crippen LogP contribution in [-0.2, 0) is 0 Å². The fourth-order valence-electron chi connectivity index (χ4n) is 1.99. The number of fused-ring (bicyclic) bond motifs is 3. The Morgan fingerprint density at radius 1 is 0.957 bits per heavy atom. The van der Waals surface area contributed by atoms with Crippen LogP contribution in [0.3, 0.4) is 0 Å². The Balaban J connectivity index is 0.000000615. The van der Waals surface area contributed by atoms with Crippen molar-refractivity contribution in [3.63, 3.8) is 0 Å². The van der Waals surface area contributed by atoms with E-state index in [2.05, 4.69) is 12.6 Å². The van der Waals surface area contributed by atoms with Gasteiger partial charge in [0.1, 0.15) is 5.94 Å². The Kier molecular flexibility index (Phi) is 7.58. The Bertz CT molecular complexity index is 785. The monoisotopic (exact) mass is 358 g/mol. The van der Waals surface area contributed by atoms with Crippen molar-refractivity contribution in [2.24, 2.45) is 0 Å². The lowest BCUT2D eigenvalue weighted by molar-refractivity contribution is 0.372. The maximum atomic E-state index is 14.2. The van der Waals surface area contributed by atoms with E-state index in [9.17, 15) is 13.9 Å². The fourth-order valence-corrected chi connectivity index (χ4v) is 3.29. The molecule has 2 aromatic carbocycles. The van der Waals surface area contributed by atoms with Gasteiger partial charge in [-0.25, -0.2) is 8.78 Å². The maximum absolute atomic E-state index is 14.2. The normalized spacial score (nSPS) is 9.87. The Morgan fingerprint density at radius 3 is 2.04 bits per heavy atom. The first-order chi connectivity index (χ1) is 11.1. The summed E-state index contributed by atoms with van der Waals surface area (Å²) < 4.78 is 33.6. The topological polar surface area (TPSA) is 29.5 Å². The van der Waals surface area contributed by atoms with Gasteiger partial charge in [-0.1, -0.05) is 27.7 Å². The average molecular weight is 358 g/mol. The molecule has 0 saturated heterocycles. The molecule has 23 heavy (non-hydrogen) atoms. The molecule has 3 rings (SSSR count). The first kappa shape index (κ1) is 19.5. The van der Waals surface area contributed by atoms with Crippen LogP contribution in [0.15, 0.2) is 24.3 Å². The van der Waals surface area contributed by atoms with E-state index in [0.717, 1.165) is 11.3 Å². The molecule has 126 valence electrons. The van der Waals surface area contributed by atoms with Gasteiger partial charge in [0.15, 0.2) is 23.1 Å². The molecule has 1 aromatic heterocycles. The van der Waals surface area contributed by atoms with Gasteiger partial charge in [0.2, 0.25) is 0 Å². The summed E-state index contributed by atoms with van der Waals surface area (Å²) in [6, 6.07) is 6.00. The molecule has 0 bridgehead atoms. The second-order valence-corrected chi connectivity index (χ2v) is 5.18. The molecule has 0 fully saturated rings. The quantitative estimate of drug-likeness (QED) is 0.412. The number of thiophene rings is 1. The third-order valence-electron chi connectivity index (χ3n) is 2.85. The van der Waals surface area contributed by atoms with Gasteiger partial charge in [-0.3, -0.25) is 0 Å². The van der Waals surface area contributed by atoms with Crippen LogP contribution in [-0.4, -0.2) is 11.0 Å². The highest BCUT2D eigenvalue weighted by Gasteiger charge is 2.17. The molecule has 0 atom stereocenters. The fraction of sp³-hybridized carbons (Fsp3) is 0.294. The predicted molar refractivity (Wildman–Crippen MR) is 98.1 cm³/mol. The predicted octanol–water partition coefficient (Wildman–Crippen LogP) is 6.36. The number of benzene rings is 2. The third-order valence-corrected chi connectivity index (χ3v) is 4.19. The van der Waals surface area contributed by atoms with Crippen LogP contribution in [0.5, 0.6) is 11.5 Å². The van der Waals surface area contributed by atoms with E-state index in [0.29, 0.717) is 15.5 Å². The van der Waals surface area contributed by atoms with Crippen LogP contribution in [0.4, 0.5) is 8.78 Å². The van der Waals surface area contributed by atoms with Crippen LogP contribution < -0.4 is 4.74 Å². The zero-order valence-corrected chi connectivity index (χ0v) is 15.2. The average Bonchev–Trinajstić information content (AvgIpc) is 2.98. The summed E-state index contributed by atoms with van der Waals surface area (Å²) >= 11 is 4.83. The molecule has 0 aliphatic rings. The molecule has 0 unspecified atom stereocenters. The Hall–Kier alpha value is -1.53. The van der Waals surface area contributed by atoms with Gasteiger partial charge in [0.05, 0.1) is 9.40 Å². The van der Waals surface area contributed by atoms with Crippen molar-refractivity contribution in [2.75, 3.05) is 5.94 Å². The van der Waals surface area contributed by atoms with Gasteiger partial charge in [-0.05, 0) is 24.3 Å². The van der Waals surface area contributed by atoms with Crippen LogP contribution in [0, 0.1) is 11.6 Å². The third kappa shape index (κ3) is 3.70. The lowest BCUT2D eigenvalue weighted by Crippen LogP contribution is -1.92. The summed E-state index contributed by atoms with van der Waals surface area (Å²) in [5, 5.41) is 10.5. The highest BCUT2D eigenvalue weighted by Crippen LogP contribution is 2.41. The minimum absolute atomic E-state index is 0.0580. The molecule has 0 aliphatic carbocycles. The number of rotatable bonds is 2. The van der Waals surface area contributed by atoms with E-state index < -0.39 is 17.4 Å². The van der Waals surface area contributed by atoms with Crippen LogP contribution >= 0.6 is 24.0 Å². The zero-order valence-electron chi connectivity index (χ0n) is 13.5. The molecule has 0 aliphatic heterocycles. The largest absolute Gasteiger partial charge is 0.505 e. The van der Waals surface area contributed by atoms with Gasteiger partial charge in [-0.2, -0.15) is 0 Å². The molecule has 6 heteroatoms. The van der Waals surface area contributed by atoms with Crippen molar-refractivity contribution in [1.29, 1.82) is 0 Å². The highest BCUT2D eigenvalue weighted by atomic mass is 32.1. The summed E-state index contributed by atoms with van der Waals surface area (Å²) in [5.41, 5.74) is 0. The van der Waals surface area contributed by atoms with Crippen molar-refractivity contribution in [3.05, 3.63) is 35.9 Å². The lowest BCUT2D eigenvalue weighted by atomic mass is 10.1. The summed E-state index contributed by atoms with van der Waals surface area (Å²) in [7, 11) is 0. The number of phenols is 1. The van der Waals surface area contributed by atoms with Crippen molar-refractivity contribution in [2.45, 2.75) is 27.7 Å². The molecule has 1 N–H and O–H groups in total. The van der Waals surface area contributed by atoms with Crippen molar-refractivity contribution < 1.29 is 18.6 Å². The maximum Gasteiger partial charge on any atom is 0.182 e. The molecule has 3 aromatic rings. The van der Waals surface area contributed by atoms with E-state index in [-0.39, 0.29) is 16.4 Å². The SMILES string of the molecule is CC.CC.Oc1ccc2c(sc3c(F)c(OCS)ccc32)c1F. The highest BCUT2D eigenvalue weighted by molar-refractivity contribution is 7.80. The van der Waals surface area contributed by atoms with Gasteiger partial charge >= 0.3 is 0 Å². The van der Waals surface area contributed by atoms with Crippen LogP contribution in [0.2, 0.25) is 0 Å². The number of aromatic hydroxyl groups is 1. The molecule has 0 radical (unpaired) electrons. The summed E-state index contributed by atoms with van der Waals surface area (Å²) in [6.45, 7) is 8.00. The first-order valence-electron chi connectivity index (χ1n) is 7.39. The molecular formula is C17H20F2O2S2. The van der Waals surface area contributed by atoms with E-state index >= 15 is 0 Å². The number of hydrogen-bond donors (Lipinski definition) is 2. The number of thiol groups is 1. The molecule has 0 spiro atoms. The minimum Gasteiger partial charge on any atom is -0.505 e. The summed E-state index contributed by atoms with van der Waals surface area (Å²) in [4.78, 5) is 0. The molecule has 1 heterocycles. The number of phenolic OH excluding ortho intramolecular Hbond substituents is 1. The molecule has 0 amide bonds. The van der Waals surface area contributed by atoms with Crippen molar-refractivity contribution in [3.8, 4) is 11.5 Å². The van der Waals surface area contributed by atoms with Gasteiger partial charge in [0, 0.05) is 10.8 Å². The van der Waals surface area contributed by atoms with Crippen LogP contribution in [0.25, 0.3) is 20.2 Å². The second-order valence-electron chi connectivity index (χ2n) is 3.91. The van der Waals surface area contributed by atoms with Gasteiger partial charge in [-0.15, -0.1) is 24.0 Å². The van der Waals surface area contributed by atoms with Crippen molar-refractivity contribution >= 4 is 44.1 Å². The van der Waals surface area contributed by atoms with Crippen LogP contribution in [0.1, 0.15) is 27.7 Å². The smallest absolute Gasteiger partial charge is 0.182 e. The second kappa shape index (κ2) is 8.93. The summed E-state index contributed by atoms with van der Waals surface area (Å²) in [5.74, 6) is -1.56. The van der Waals surface area contributed by atoms with E-state index in [4.69, 9.17) is 4.74 Å². The summed E-state index contributed by atoms with van der Waals surface area (Å²) in [6.07, 6.45) is 0. The minimum atomic E-state index is -0.727. The first-order valence-corrected chi connectivity index (χ1v) is 8.84. The molecule has 2 nitrogen and oxygen atoms in total. The number of ether oxygens (including phenoxy) is 1. The van der Waals surface area contributed by atoms with Gasteiger partial charge in [0.25, 0.3) is 0 Å². The lowest BCUT2D eigenvalue weighted by Gasteiger charge is -2.03. The van der Waals surface area contributed by atoms with E-state index in [1.54, 1.807) is 12.1 Å². The standard InChI is InChI=1S/C13H8F2O2S2.2C2H6/c14-10-8(16)3-1-6-7-2-4-9(17-5-18)11(15)13(7)19-12(6)10;2*1-2/h1-4,16,18H,5H2;2*1-2H3. The zero-order chi connectivity index (χ0) is 17.6. The van der Waals surface area contributed by atoms with Crippen molar-refractivity contribution in [1.82, 2.24) is 0 Å². The molecular weight excluding hydrogens is 338 g/mol. The van der Waals surface area contributed by atoms with Gasteiger partial charge < -0.3 is 9.84 Å². The number of halogens is 2.